The van der Waals surface area contributed by atoms with E-state index in [1.54, 1.807) is 18.5 Å². The van der Waals surface area contributed by atoms with Crippen molar-refractivity contribution >= 4 is 28.1 Å². The van der Waals surface area contributed by atoms with Gasteiger partial charge >= 0.3 is 0 Å². The molecule has 1 aromatic carbocycles. The maximum Gasteiger partial charge on any atom is 0.277 e. The predicted molar refractivity (Wildman–Crippen MR) is 89.1 cm³/mol. The number of aryl methyl sites for hydroxylation is 2. The van der Waals surface area contributed by atoms with Crippen LogP contribution in [0.4, 0.5) is 0 Å². The van der Waals surface area contributed by atoms with Crippen molar-refractivity contribution in [2.45, 2.75) is 13.8 Å². The summed E-state index contributed by atoms with van der Waals surface area (Å²) in [6, 6.07) is 7.58. The number of hydrogen-bond donors (Lipinski definition) is 1. The number of nitrogens with zero attached hydrogens (tertiary/aromatic N) is 2. The van der Waals surface area contributed by atoms with E-state index in [0.29, 0.717) is 5.75 Å². The Morgan fingerprint density at radius 3 is 2.95 bits per heavy atom. The lowest BCUT2D eigenvalue weighted by Gasteiger charge is -2.11. The van der Waals surface area contributed by atoms with Crippen LogP contribution in [-0.2, 0) is 4.79 Å². The molecule has 1 aromatic heterocycles. The minimum Gasteiger partial charge on any atom is -0.482 e. The SMILES string of the molecule is Cc1cc(C)c(OCC(=O)N/N=C/c2cccnc2)c(Br)c1. The molecule has 0 spiro atoms. The lowest BCUT2D eigenvalue weighted by Crippen LogP contribution is -2.24. The highest BCUT2D eigenvalue weighted by molar-refractivity contribution is 9.10. The van der Waals surface area contributed by atoms with E-state index >= 15 is 0 Å². The smallest absolute Gasteiger partial charge is 0.277 e. The fraction of sp³-hybridized carbons (Fsp3) is 0.188. The highest BCUT2D eigenvalue weighted by atomic mass is 79.9. The van der Waals surface area contributed by atoms with Crippen molar-refractivity contribution in [3.63, 3.8) is 0 Å². The topological polar surface area (TPSA) is 63.6 Å². The highest BCUT2D eigenvalue weighted by Crippen LogP contribution is 2.29. The van der Waals surface area contributed by atoms with Gasteiger partial charge in [-0.1, -0.05) is 12.1 Å². The number of aromatic nitrogens is 1. The summed E-state index contributed by atoms with van der Waals surface area (Å²) in [6.45, 7) is 3.83. The first-order chi connectivity index (χ1) is 10.6. The first-order valence-corrected chi connectivity index (χ1v) is 7.47. The van der Waals surface area contributed by atoms with E-state index in [4.69, 9.17) is 4.74 Å². The molecule has 0 aliphatic heterocycles. The molecule has 2 rings (SSSR count). The average Bonchev–Trinajstić information content (AvgIpc) is 2.47. The first kappa shape index (κ1) is 16.2. The Kier molecular flexibility index (Phi) is 5.66. The van der Waals surface area contributed by atoms with Gasteiger partial charge in [0.05, 0.1) is 10.7 Å². The molecule has 114 valence electrons. The standard InChI is InChI=1S/C16H16BrN3O2/c1-11-6-12(2)16(14(17)7-11)22-10-15(21)20-19-9-13-4-3-5-18-8-13/h3-9H,10H2,1-2H3,(H,20,21)/b19-9+. The second-order valence-corrected chi connectivity index (χ2v) is 5.62. The van der Waals surface area contributed by atoms with Gasteiger partial charge in [0.1, 0.15) is 5.75 Å². The molecular formula is C16H16BrN3O2. The van der Waals surface area contributed by atoms with Gasteiger partial charge in [0.15, 0.2) is 6.61 Å². The van der Waals surface area contributed by atoms with E-state index in [2.05, 4.69) is 31.4 Å². The van der Waals surface area contributed by atoms with Gasteiger partial charge in [0.25, 0.3) is 5.91 Å². The summed E-state index contributed by atoms with van der Waals surface area (Å²) in [5.74, 6) is 0.337. The van der Waals surface area contributed by atoms with Crippen LogP contribution in [0.25, 0.3) is 0 Å². The number of carbonyl (C=O) groups excluding carboxylic acids is 1. The van der Waals surface area contributed by atoms with E-state index in [1.807, 2.05) is 32.0 Å². The lowest BCUT2D eigenvalue weighted by molar-refractivity contribution is -0.123. The molecule has 6 heteroatoms. The van der Waals surface area contributed by atoms with E-state index < -0.39 is 0 Å². The van der Waals surface area contributed by atoms with Gasteiger partial charge in [-0.05, 0) is 53.0 Å². The maximum atomic E-state index is 11.7. The molecule has 22 heavy (non-hydrogen) atoms. The second-order valence-electron chi connectivity index (χ2n) is 4.76. The molecule has 0 saturated carbocycles. The summed E-state index contributed by atoms with van der Waals surface area (Å²) in [4.78, 5) is 15.7. The summed E-state index contributed by atoms with van der Waals surface area (Å²) in [7, 11) is 0. The molecule has 5 nitrogen and oxygen atoms in total. The van der Waals surface area contributed by atoms with Crippen LogP contribution in [0.1, 0.15) is 16.7 Å². The molecular weight excluding hydrogens is 346 g/mol. The molecule has 2 aromatic rings. The predicted octanol–water partition coefficient (Wildman–Crippen LogP) is 2.99. The summed E-state index contributed by atoms with van der Waals surface area (Å²) in [5, 5.41) is 3.86. The molecule has 0 aliphatic rings. The van der Waals surface area contributed by atoms with Gasteiger partial charge in [-0.2, -0.15) is 5.10 Å². The van der Waals surface area contributed by atoms with Crippen LogP contribution < -0.4 is 10.2 Å². The Morgan fingerprint density at radius 1 is 1.45 bits per heavy atom. The maximum absolute atomic E-state index is 11.7. The molecule has 0 unspecified atom stereocenters. The third-order valence-corrected chi connectivity index (χ3v) is 3.40. The molecule has 0 fully saturated rings. The minimum absolute atomic E-state index is 0.104. The molecule has 0 radical (unpaired) electrons. The number of pyridine rings is 1. The van der Waals surface area contributed by atoms with Crippen LogP contribution in [0.5, 0.6) is 5.75 Å². The summed E-state index contributed by atoms with van der Waals surface area (Å²) >= 11 is 3.44. The van der Waals surface area contributed by atoms with E-state index in [-0.39, 0.29) is 12.5 Å². The van der Waals surface area contributed by atoms with Gasteiger partial charge in [-0.25, -0.2) is 5.43 Å². The number of ether oxygens (including phenoxy) is 1. The van der Waals surface area contributed by atoms with Crippen molar-refractivity contribution in [2.75, 3.05) is 6.61 Å². The zero-order chi connectivity index (χ0) is 15.9. The molecule has 0 bridgehead atoms. The monoisotopic (exact) mass is 361 g/mol. The van der Waals surface area contributed by atoms with Gasteiger partial charge in [-0.15, -0.1) is 0 Å². The van der Waals surface area contributed by atoms with Crippen molar-refractivity contribution in [1.82, 2.24) is 10.4 Å². The fourth-order valence-electron chi connectivity index (χ4n) is 1.89. The molecule has 0 atom stereocenters. The Hall–Kier alpha value is -2.21. The van der Waals surface area contributed by atoms with Crippen molar-refractivity contribution in [2.24, 2.45) is 5.10 Å². The zero-order valence-corrected chi connectivity index (χ0v) is 13.9. The van der Waals surface area contributed by atoms with Crippen molar-refractivity contribution < 1.29 is 9.53 Å². The van der Waals surface area contributed by atoms with Gasteiger partial charge in [0.2, 0.25) is 0 Å². The second kappa shape index (κ2) is 7.70. The Labute approximate surface area is 137 Å². The van der Waals surface area contributed by atoms with Gasteiger partial charge in [0, 0.05) is 18.0 Å². The van der Waals surface area contributed by atoms with Crippen LogP contribution in [0, 0.1) is 13.8 Å². The number of amides is 1. The number of hydrogen-bond acceptors (Lipinski definition) is 4. The molecule has 1 amide bonds. The Bertz CT molecular complexity index is 664. The summed E-state index contributed by atoms with van der Waals surface area (Å²) < 4.78 is 6.37. The van der Waals surface area contributed by atoms with E-state index in [1.165, 1.54) is 6.21 Å². The number of hydrazone groups is 1. The number of carbonyl (C=O) groups is 1. The number of nitrogens with one attached hydrogen (secondary N) is 1. The first-order valence-electron chi connectivity index (χ1n) is 6.68. The van der Waals surface area contributed by atoms with Gasteiger partial charge in [-0.3, -0.25) is 9.78 Å². The third kappa shape index (κ3) is 4.66. The van der Waals surface area contributed by atoms with Gasteiger partial charge < -0.3 is 4.74 Å². The van der Waals surface area contributed by atoms with E-state index in [0.717, 1.165) is 21.2 Å². The minimum atomic E-state index is -0.327. The Balaban J connectivity index is 1.87. The largest absolute Gasteiger partial charge is 0.482 e. The van der Waals surface area contributed by atoms with E-state index in [9.17, 15) is 4.79 Å². The summed E-state index contributed by atoms with van der Waals surface area (Å²) in [6.07, 6.45) is 4.85. The normalized spacial score (nSPS) is 10.7. The number of rotatable bonds is 5. The summed E-state index contributed by atoms with van der Waals surface area (Å²) in [5.41, 5.74) is 5.32. The quantitative estimate of drug-likeness (QED) is 0.657. The van der Waals surface area contributed by atoms with Crippen LogP contribution in [0.15, 0.2) is 46.2 Å². The van der Waals surface area contributed by atoms with Crippen molar-refractivity contribution in [3.05, 3.63) is 57.8 Å². The number of benzene rings is 1. The van der Waals surface area contributed by atoms with Crippen molar-refractivity contribution in [3.8, 4) is 5.75 Å². The molecule has 0 saturated heterocycles. The molecule has 1 N–H and O–H groups in total. The average molecular weight is 362 g/mol. The fourth-order valence-corrected chi connectivity index (χ4v) is 2.67. The van der Waals surface area contributed by atoms with Crippen LogP contribution >= 0.6 is 15.9 Å². The van der Waals surface area contributed by atoms with Crippen LogP contribution in [0.3, 0.4) is 0 Å². The lowest BCUT2D eigenvalue weighted by atomic mass is 10.1. The van der Waals surface area contributed by atoms with Crippen LogP contribution in [-0.4, -0.2) is 23.7 Å². The zero-order valence-electron chi connectivity index (χ0n) is 12.3. The van der Waals surface area contributed by atoms with Crippen molar-refractivity contribution in [1.29, 1.82) is 0 Å². The third-order valence-electron chi connectivity index (χ3n) is 2.81. The molecule has 1 heterocycles. The Morgan fingerprint density at radius 2 is 2.27 bits per heavy atom. The molecule has 0 aliphatic carbocycles. The highest BCUT2D eigenvalue weighted by Gasteiger charge is 2.08. The number of halogens is 1. The van der Waals surface area contributed by atoms with Crippen LogP contribution in [0.2, 0.25) is 0 Å².